The number of nitrogens with one attached hydrogen (secondary N) is 1. The van der Waals surface area contributed by atoms with Gasteiger partial charge in [0.1, 0.15) is 0 Å². The summed E-state index contributed by atoms with van der Waals surface area (Å²) in [6, 6.07) is 4.28. The van der Waals surface area contributed by atoms with Gasteiger partial charge in [-0.25, -0.2) is 8.78 Å². The molecule has 20 heavy (non-hydrogen) atoms. The molecule has 0 amide bonds. The van der Waals surface area contributed by atoms with Crippen molar-refractivity contribution in [1.82, 2.24) is 10.2 Å². The van der Waals surface area contributed by atoms with Crippen LogP contribution < -0.4 is 5.32 Å². The van der Waals surface area contributed by atoms with E-state index in [2.05, 4.69) is 10.2 Å². The molecule has 4 heteroatoms. The van der Waals surface area contributed by atoms with Crippen LogP contribution in [-0.4, -0.2) is 31.6 Å². The zero-order valence-corrected chi connectivity index (χ0v) is 11.9. The predicted octanol–water partition coefficient (Wildman–Crippen LogP) is 2.96. The van der Waals surface area contributed by atoms with Crippen molar-refractivity contribution < 1.29 is 8.78 Å². The van der Waals surface area contributed by atoms with Gasteiger partial charge in [0, 0.05) is 31.2 Å². The third-order valence-corrected chi connectivity index (χ3v) is 4.95. The fourth-order valence-electron chi connectivity index (χ4n) is 3.87. The van der Waals surface area contributed by atoms with Crippen LogP contribution in [0.5, 0.6) is 0 Å². The lowest BCUT2D eigenvalue weighted by atomic mass is 10.0. The summed E-state index contributed by atoms with van der Waals surface area (Å²) in [5.41, 5.74) is 0.435. The van der Waals surface area contributed by atoms with E-state index in [0.29, 0.717) is 5.56 Å². The maximum Gasteiger partial charge on any atom is 0.163 e. The first-order chi connectivity index (χ1) is 9.69. The fraction of sp³-hybridized carbons (Fsp3) is 0.625. The van der Waals surface area contributed by atoms with Gasteiger partial charge in [0.05, 0.1) is 0 Å². The van der Waals surface area contributed by atoms with Gasteiger partial charge in [0.2, 0.25) is 0 Å². The monoisotopic (exact) mass is 280 g/mol. The van der Waals surface area contributed by atoms with Crippen LogP contribution in [0.2, 0.25) is 0 Å². The van der Waals surface area contributed by atoms with Crippen molar-refractivity contribution in [2.24, 2.45) is 11.8 Å². The van der Waals surface area contributed by atoms with Gasteiger partial charge >= 0.3 is 0 Å². The molecule has 1 N–H and O–H groups in total. The topological polar surface area (TPSA) is 15.3 Å². The van der Waals surface area contributed by atoms with E-state index < -0.39 is 11.6 Å². The van der Waals surface area contributed by atoms with E-state index in [1.54, 1.807) is 12.1 Å². The molecule has 0 spiro atoms. The molecule has 0 aromatic heterocycles. The summed E-state index contributed by atoms with van der Waals surface area (Å²) >= 11 is 0. The van der Waals surface area contributed by atoms with Crippen LogP contribution in [0.1, 0.15) is 30.9 Å². The zero-order valence-electron chi connectivity index (χ0n) is 11.9. The van der Waals surface area contributed by atoms with Crippen LogP contribution in [0, 0.1) is 23.5 Å². The first-order valence-corrected chi connectivity index (χ1v) is 7.52. The number of rotatable bonds is 4. The average Bonchev–Trinajstić information content (AvgIpc) is 3.00. The van der Waals surface area contributed by atoms with Crippen LogP contribution in [0.4, 0.5) is 8.78 Å². The summed E-state index contributed by atoms with van der Waals surface area (Å²) < 4.78 is 27.3. The van der Waals surface area contributed by atoms with Crippen molar-refractivity contribution in [2.45, 2.75) is 25.3 Å². The molecular formula is C16H22F2N2. The quantitative estimate of drug-likeness (QED) is 0.912. The molecule has 110 valence electrons. The summed E-state index contributed by atoms with van der Waals surface area (Å²) in [4.78, 5) is 2.40. The number of benzene rings is 1. The van der Waals surface area contributed by atoms with E-state index >= 15 is 0 Å². The second kappa shape index (κ2) is 5.78. The average molecular weight is 280 g/mol. The van der Waals surface area contributed by atoms with E-state index in [0.717, 1.165) is 31.5 Å². The van der Waals surface area contributed by atoms with Crippen molar-refractivity contribution >= 4 is 0 Å². The first-order valence-electron chi connectivity index (χ1n) is 7.52. The highest BCUT2D eigenvalue weighted by molar-refractivity contribution is 5.23. The molecular weight excluding hydrogens is 258 g/mol. The maximum absolute atomic E-state index is 13.9. The van der Waals surface area contributed by atoms with E-state index in [9.17, 15) is 8.78 Å². The van der Waals surface area contributed by atoms with Crippen LogP contribution in [0.3, 0.4) is 0 Å². The van der Waals surface area contributed by atoms with Gasteiger partial charge in [-0.05, 0) is 37.8 Å². The molecule has 3 unspecified atom stereocenters. The molecule has 1 aromatic carbocycles. The Morgan fingerprint density at radius 3 is 2.60 bits per heavy atom. The Labute approximate surface area is 119 Å². The predicted molar refractivity (Wildman–Crippen MR) is 75.4 cm³/mol. The smallest absolute Gasteiger partial charge is 0.163 e. The molecule has 3 atom stereocenters. The maximum atomic E-state index is 13.9. The molecule has 1 aromatic rings. The highest BCUT2D eigenvalue weighted by atomic mass is 19.2. The van der Waals surface area contributed by atoms with Crippen LogP contribution >= 0.6 is 0 Å². The Balaban J connectivity index is 1.70. The van der Waals surface area contributed by atoms with Gasteiger partial charge in [-0.1, -0.05) is 18.6 Å². The van der Waals surface area contributed by atoms with Gasteiger partial charge in [-0.3, -0.25) is 0 Å². The first kappa shape index (κ1) is 14.0. The van der Waals surface area contributed by atoms with Gasteiger partial charge in [0.25, 0.3) is 0 Å². The Bertz CT molecular complexity index is 466. The molecule has 3 rings (SSSR count). The normalized spacial score (nSPS) is 27.8. The molecule has 2 fully saturated rings. The summed E-state index contributed by atoms with van der Waals surface area (Å²) in [5, 5.41) is 3.13. The largest absolute Gasteiger partial charge is 0.312 e. The number of hydrogen-bond donors (Lipinski definition) is 1. The number of nitrogens with zero attached hydrogens (tertiary/aromatic N) is 1. The summed E-state index contributed by atoms with van der Waals surface area (Å²) in [5.74, 6) is 0.169. The van der Waals surface area contributed by atoms with E-state index in [1.165, 1.54) is 25.3 Å². The molecule has 1 saturated heterocycles. The zero-order chi connectivity index (χ0) is 14.1. The van der Waals surface area contributed by atoms with Crippen molar-refractivity contribution in [3.63, 3.8) is 0 Å². The van der Waals surface area contributed by atoms with Gasteiger partial charge in [-0.15, -0.1) is 0 Å². The molecule has 1 heterocycles. The minimum atomic E-state index is -0.763. The van der Waals surface area contributed by atoms with Crippen LogP contribution in [0.15, 0.2) is 18.2 Å². The van der Waals surface area contributed by atoms with Crippen LogP contribution in [0.25, 0.3) is 0 Å². The standard InChI is InChI=1S/C16H22F2N2/c1-19-15(13-6-3-7-14(17)16(13)18)10-20-8-11-4-2-5-12(11)9-20/h3,6-7,11-12,15,19H,2,4-5,8-10H2,1H3. The van der Waals surface area contributed by atoms with E-state index in [-0.39, 0.29) is 6.04 Å². The minimum Gasteiger partial charge on any atom is -0.312 e. The van der Waals surface area contributed by atoms with Crippen molar-refractivity contribution in [2.75, 3.05) is 26.7 Å². The molecule has 1 saturated carbocycles. The van der Waals surface area contributed by atoms with Gasteiger partial charge < -0.3 is 10.2 Å². The molecule has 2 nitrogen and oxygen atoms in total. The lowest BCUT2D eigenvalue weighted by molar-refractivity contribution is 0.274. The van der Waals surface area contributed by atoms with Crippen molar-refractivity contribution in [3.8, 4) is 0 Å². The Morgan fingerprint density at radius 1 is 1.25 bits per heavy atom. The number of likely N-dealkylation sites (tertiary alicyclic amines) is 1. The molecule has 1 aliphatic heterocycles. The fourth-order valence-corrected chi connectivity index (χ4v) is 3.87. The van der Waals surface area contributed by atoms with E-state index in [4.69, 9.17) is 0 Å². The van der Waals surface area contributed by atoms with Gasteiger partial charge in [0.15, 0.2) is 11.6 Å². The summed E-state index contributed by atoms with van der Waals surface area (Å²) in [6.07, 6.45) is 4.02. The van der Waals surface area contributed by atoms with Crippen LogP contribution in [-0.2, 0) is 0 Å². The van der Waals surface area contributed by atoms with Crippen molar-refractivity contribution in [3.05, 3.63) is 35.4 Å². The van der Waals surface area contributed by atoms with E-state index in [1.807, 2.05) is 7.05 Å². The minimum absolute atomic E-state index is 0.149. The highest BCUT2D eigenvalue weighted by Crippen LogP contribution is 2.38. The number of likely N-dealkylation sites (N-methyl/N-ethyl adjacent to an activating group) is 1. The lowest BCUT2D eigenvalue weighted by Gasteiger charge is -2.24. The Hall–Kier alpha value is -1.00. The Morgan fingerprint density at radius 2 is 1.95 bits per heavy atom. The van der Waals surface area contributed by atoms with Crippen molar-refractivity contribution in [1.29, 1.82) is 0 Å². The third-order valence-electron chi connectivity index (χ3n) is 4.95. The Kier molecular flexibility index (Phi) is 4.03. The molecule has 0 radical (unpaired) electrons. The number of fused-ring (bicyclic) bond motifs is 1. The third kappa shape index (κ3) is 2.59. The highest BCUT2D eigenvalue weighted by Gasteiger charge is 2.36. The number of halogens is 2. The second-order valence-corrected chi connectivity index (χ2v) is 6.15. The molecule has 1 aliphatic carbocycles. The summed E-state index contributed by atoms with van der Waals surface area (Å²) in [6.45, 7) is 2.98. The van der Waals surface area contributed by atoms with Gasteiger partial charge in [-0.2, -0.15) is 0 Å². The molecule has 0 bridgehead atoms. The lowest BCUT2D eigenvalue weighted by Crippen LogP contribution is -2.33. The molecule has 2 aliphatic rings. The SMILES string of the molecule is CNC(CN1CC2CCCC2C1)c1cccc(F)c1F. The summed E-state index contributed by atoms with van der Waals surface area (Å²) in [7, 11) is 1.81. The number of hydrogen-bond acceptors (Lipinski definition) is 2. The second-order valence-electron chi connectivity index (χ2n) is 6.15.